The standard InChI is InChI=1S/C10H11O3P.C5H11O3P.C4H9O2P.CH4/c1-3-9-4-6-10(7-5-9)14(12,8-11)13-2;1-4-5-9(6,7-2)8-3;1-4-7(3,5)6-2;/h3-8H,1H2,2H3;4H,1,5H2,2-3H3;4H,1H2,2-3H3;1H4. The average molecular weight is 496 g/mol. The highest BCUT2D eigenvalue weighted by molar-refractivity contribution is 7.80. The van der Waals surface area contributed by atoms with Crippen molar-refractivity contribution in [1.82, 2.24) is 0 Å². The number of carbonyl (C=O) groups excluding carboxylic acids is 1. The number of hydrogen-bond acceptors (Lipinski definition) is 8. The fourth-order valence-electron chi connectivity index (χ4n) is 1.48. The molecule has 0 spiro atoms. The lowest BCUT2D eigenvalue weighted by Crippen LogP contribution is -2.06. The number of carbonyl (C=O) groups is 1. The maximum absolute atomic E-state index is 11.7. The van der Waals surface area contributed by atoms with E-state index in [-0.39, 0.29) is 13.6 Å². The van der Waals surface area contributed by atoms with Crippen LogP contribution in [0.3, 0.4) is 0 Å². The first-order valence-corrected chi connectivity index (χ1v) is 14.0. The lowest BCUT2D eigenvalue weighted by atomic mass is 10.2. The molecule has 0 aromatic heterocycles. The van der Waals surface area contributed by atoms with E-state index in [0.717, 1.165) is 5.56 Å². The molecule has 0 aliphatic carbocycles. The van der Waals surface area contributed by atoms with Gasteiger partial charge in [0.2, 0.25) is 13.4 Å². The summed E-state index contributed by atoms with van der Waals surface area (Å²) in [6, 6.07) is 7.04. The van der Waals surface area contributed by atoms with Crippen molar-refractivity contribution in [1.29, 1.82) is 0 Å². The maximum atomic E-state index is 11.7. The van der Waals surface area contributed by atoms with Crippen molar-refractivity contribution < 1.29 is 36.6 Å². The van der Waals surface area contributed by atoms with Crippen molar-refractivity contribution in [2.75, 3.05) is 41.3 Å². The molecular formula is C20H35O8P3. The normalized spacial score (nSPS) is 13.8. The van der Waals surface area contributed by atoms with Gasteiger partial charge in [0.15, 0.2) is 0 Å². The highest BCUT2D eigenvalue weighted by Crippen LogP contribution is 2.45. The molecule has 8 nitrogen and oxygen atoms in total. The molecule has 11 heteroatoms. The summed E-state index contributed by atoms with van der Waals surface area (Å²) in [5.41, 5.74) is 0.905. The highest BCUT2D eigenvalue weighted by Gasteiger charge is 2.22. The fourth-order valence-corrected chi connectivity index (χ4v) is 3.38. The molecule has 0 saturated heterocycles. The van der Waals surface area contributed by atoms with Crippen molar-refractivity contribution in [3.8, 4) is 0 Å². The summed E-state index contributed by atoms with van der Waals surface area (Å²) >= 11 is 0. The van der Waals surface area contributed by atoms with E-state index in [4.69, 9.17) is 4.52 Å². The topological polar surface area (TPSA) is 105 Å². The molecule has 1 rings (SSSR count). The fraction of sp³-hybridized carbons (Fsp3) is 0.350. The van der Waals surface area contributed by atoms with E-state index in [1.54, 1.807) is 30.3 Å². The molecule has 1 aromatic rings. The Labute approximate surface area is 186 Å². The van der Waals surface area contributed by atoms with Crippen LogP contribution in [-0.2, 0) is 36.6 Å². The third kappa shape index (κ3) is 13.6. The minimum Gasteiger partial charge on any atom is -0.329 e. The van der Waals surface area contributed by atoms with Crippen LogP contribution < -0.4 is 5.30 Å². The SMILES string of the molecule is C.C=CCP(=O)(OC)OC.C=CP(C)(=O)OC.C=Cc1ccc(P(=O)(C=O)OC)cc1. The highest BCUT2D eigenvalue weighted by atomic mass is 31.2. The minimum absolute atomic E-state index is 0. The van der Waals surface area contributed by atoms with Crippen LogP contribution in [0.1, 0.15) is 13.0 Å². The van der Waals surface area contributed by atoms with Crippen LogP contribution in [0.5, 0.6) is 0 Å². The second kappa shape index (κ2) is 17.2. The van der Waals surface area contributed by atoms with Gasteiger partial charge in [0.25, 0.3) is 7.37 Å². The van der Waals surface area contributed by atoms with Crippen molar-refractivity contribution in [3.63, 3.8) is 0 Å². The van der Waals surface area contributed by atoms with Crippen molar-refractivity contribution in [2.24, 2.45) is 0 Å². The number of allylic oxidation sites excluding steroid dienone is 1. The molecule has 0 aliphatic rings. The van der Waals surface area contributed by atoms with Gasteiger partial charge < -0.3 is 18.1 Å². The second-order valence-corrected chi connectivity index (χ2v) is 12.6. The monoisotopic (exact) mass is 496 g/mol. The summed E-state index contributed by atoms with van der Waals surface area (Å²) in [5, 5.41) is 0.403. The third-order valence-corrected chi connectivity index (χ3v) is 8.55. The van der Waals surface area contributed by atoms with E-state index >= 15 is 0 Å². The third-order valence-electron chi connectivity index (χ3n) is 3.50. The Balaban J connectivity index is -0.000000402. The maximum Gasteiger partial charge on any atom is 0.333 e. The summed E-state index contributed by atoms with van der Waals surface area (Å²) in [4.78, 5) is 10.6. The first kappa shape index (κ1) is 34.3. The predicted molar refractivity (Wildman–Crippen MR) is 132 cm³/mol. The van der Waals surface area contributed by atoms with E-state index in [2.05, 4.69) is 33.3 Å². The summed E-state index contributed by atoms with van der Waals surface area (Å²) in [6.45, 7) is 11.8. The smallest absolute Gasteiger partial charge is 0.329 e. The van der Waals surface area contributed by atoms with Gasteiger partial charge >= 0.3 is 7.60 Å². The van der Waals surface area contributed by atoms with E-state index in [1.807, 2.05) is 0 Å². The van der Waals surface area contributed by atoms with Gasteiger partial charge in [-0.1, -0.05) is 44.9 Å². The number of benzene rings is 1. The van der Waals surface area contributed by atoms with Crippen LogP contribution in [0.4, 0.5) is 0 Å². The summed E-state index contributed by atoms with van der Waals surface area (Å²) in [7, 11) is -3.09. The van der Waals surface area contributed by atoms with Crippen LogP contribution in [0.2, 0.25) is 0 Å². The lowest BCUT2D eigenvalue weighted by Gasteiger charge is -2.09. The van der Waals surface area contributed by atoms with E-state index in [0.29, 0.717) is 11.3 Å². The van der Waals surface area contributed by atoms with Crippen LogP contribution in [-0.4, -0.2) is 47.3 Å². The molecule has 1 aromatic carbocycles. The van der Waals surface area contributed by atoms with Gasteiger partial charge in [0, 0.05) is 40.4 Å². The van der Waals surface area contributed by atoms with Crippen LogP contribution in [0.15, 0.2) is 55.9 Å². The largest absolute Gasteiger partial charge is 0.333 e. The molecule has 0 fully saturated rings. The molecule has 0 saturated carbocycles. The first-order valence-electron chi connectivity index (χ1n) is 8.39. The minimum atomic E-state index is -3.28. The van der Waals surface area contributed by atoms with Crippen LogP contribution in [0.25, 0.3) is 6.08 Å². The van der Waals surface area contributed by atoms with Gasteiger partial charge in [-0.3, -0.25) is 18.5 Å². The number of hydrogen-bond donors (Lipinski definition) is 0. The Bertz CT molecular complexity index is 810. The quantitative estimate of drug-likeness (QED) is 0.219. The van der Waals surface area contributed by atoms with Gasteiger partial charge in [-0.05, 0) is 23.5 Å². The molecule has 31 heavy (non-hydrogen) atoms. The van der Waals surface area contributed by atoms with Gasteiger partial charge in [-0.25, -0.2) is 0 Å². The second-order valence-electron chi connectivity index (χ2n) is 5.40. The summed E-state index contributed by atoms with van der Waals surface area (Å²) in [6.07, 6.45) is 3.44. The van der Waals surface area contributed by atoms with Crippen LogP contribution >= 0.6 is 22.3 Å². The molecule has 0 radical (unpaired) electrons. The Morgan fingerprint density at radius 3 is 1.55 bits per heavy atom. The van der Waals surface area contributed by atoms with Gasteiger partial charge in [0.05, 0.1) is 6.16 Å². The number of rotatable bonds is 10. The van der Waals surface area contributed by atoms with E-state index < -0.39 is 22.3 Å². The van der Waals surface area contributed by atoms with Gasteiger partial charge in [-0.2, -0.15) is 0 Å². The lowest BCUT2D eigenvalue weighted by molar-refractivity contribution is 0.279. The van der Waals surface area contributed by atoms with Crippen molar-refractivity contribution in [3.05, 3.63) is 61.5 Å². The zero-order valence-electron chi connectivity index (χ0n) is 18.1. The Hall–Kier alpha value is -1.36. The summed E-state index contributed by atoms with van der Waals surface area (Å²) in [5.74, 6) is 1.33. The molecular weight excluding hydrogens is 461 g/mol. The summed E-state index contributed by atoms with van der Waals surface area (Å²) < 4.78 is 51.8. The van der Waals surface area contributed by atoms with Gasteiger partial charge in [0.1, 0.15) is 0 Å². The molecule has 0 N–H and O–H groups in total. The Kier molecular flexibility index (Phi) is 19.0. The van der Waals surface area contributed by atoms with E-state index in [1.165, 1.54) is 47.0 Å². The Morgan fingerprint density at radius 1 is 0.871 bits per heavy atom. The van der Waals surface area contributed by atoms with Crippen molar-refractivity contribution >= 4 is 39.7 Å². The Morgan fingerprint density at radius 2 is 1.35 bits per heavy atom. The zero-order valence-corrected chi connectivity index (χ0v) is 20.7. The molecule has 0 aliphatic heterocycles. The molecule has 2 unspecified atom stereocenters. The molecule has 0 heterocycles. The average Bonchev–Trinajstić information content (AvgIpc) is 2.79. The van der Waals surface area contributed by atoms with Gasteiger partial charge in [-0.15, -0.1) is 6.58 Å². The molecule has 0 bridgehead atoms. The first-order chi connectivity index (χ1) is 14.0. The molecule has 178 valence electrons. The van der Waals surface area contributed by atoms with Crippen molar-refractivity contribution in [2.45, 2.75) is 7.43 Å². The predicted octanol–water partition coefficient (Wildman–Crippen LogP) is 6.05. The zero-order chi connectivity index (χ0) is 23.8. The molecule has 0 amide bonds. The van der Waals surface area contributed by atoms with Crippen LogP contribution in [0, 0.1) is 0 Å². The molecule has 2 atom stereocenters. The van der Waals surface area contributed by atoms with E-state index in [9.17, 15) is 18.5 Å².